The predicted octanol–water partition coefficient (Wildman–Crippen LogP) is 4.03. The van der Waals surface area contributed by atoms with E-state index in [2.05, 4.69) is 46.2 Å². The summed E-state index contributed by atoms with van der Waals surface area (Å²) in [6.45, 7) is 6.30. The number of rotatable bonds is 6. The molecule has 3 rings (SSSR count). The molecule has 1 heterocycles. The van der Waals surface area contributed by atoms with Crippen molar-refractivity contribution in [2.75, 3.05) is 20.1 Å². The van der Waals surface area contributed by atoms with Crippen LogP contribution in [0.3, 0.4) is 0 Å². The third-order valence-corrected chi connectivity index (χ3v) is 5.67. The number of nitrogens with one attached hydrogen (secondary N) is 2. The van der Waals surface area contributed by atoms with Crippen molar-refractivity contribution in [3.63, 3.8) is 0 Å². The Morgan fingerprint density at radius 3 is 2.79 bits per heavy atom. The molecule has 3 N–H and O–H groups in total. The molecule has 1 saturated carbocycles. The number of hydrogen-bond acceptors (Lipinski definition) is 3. The van der Waals surface area contributed by atoms with Gasteiger partial charge >= 0.3 is 0 Å². The first-order valence-electron chi connectivity index (χ1n) is 10.3. The quantitative estimate of drug-likeness (QED) is 0.311. The normalized spacial score (nSPS) is 22.1. The van der Waals surface area contributed by atoms with E-state index in [1.807, 2.05) is 31.4 Å². The van der Waals surface area contributed by atoms with Gasteiger partial charge in [0.2, 0.25) is 0 Å². The van der Waals surface area contributed by atoms with Gasteiger partial charge in [-0.05, 0) is 25.3 Å². The minimum absolute atomic E-state index is 0. The van der Waals surface area contributed by atoms with E-state index in [9.17, 15) is 5.11 Å². The number of aromatic amines is 1. The van der Waals surface area contributed by atoms with E-state index < -0.39 is 0 Å². The largest absolute Gasteiger partial charge is 0.392 e. The first-order chi connectivity index (χ1) is 13.5. The molecule has 2 unspecified atom stereocenters. The van der Waals surface area contributed by atoms with Gasteiger partial charge in [-0.15, -0.1) is 24.0 Å². The van der Waals surface area contributed by atoms with Crippen LogP contribution < -0.4 is 5.32 Å². The zero-order valence-corrected chi connectivity index (χ0v) is 20.0. The van der Waals surface area contributed by atoms with E-state index in [1.54, 1.807) is 0 Å². The van der Waals surface area contributed by atoms with Crippen LogP contribution in [-0.2, 0) is 6.54 Å². The third-order valence-electron chi connectivity index (χ3n) is 5.67. The Bertz CT molecular complexity index is 779. The molecule has 1 aromatic heterocycles. The van der Waals surface area contributed by atoms with E-state index in [1.165, 1.54) is 6.42 Å². The minimum Gasteiger partial charge on any atom is -0.392 e. The van der Waals surface area contributed by atoms with Crippen molar-refractivity contribution in [3.05, 3.63) is 42.4 Å². The molecule has 2 atom stereocenters. The Labute approximate surface area is 191 Å². The zero-order valence-electron chi connectivity index (χ0n) is 17.7. The number of benzene rings is 1. The topological polar surface area (TPSA) is 76.5 Å². The molecule has 7 heteroatoms. The lowest BCUT2D eigenvalue weighted by Crippen LogP contribution is -2.42. The summed E-state index contributed by atoms with van der Waals surface area (Å²) in [4.78, 5) is 14.9. The third kappa shape index (κ3) is 6.18. The van der Waals surface area contributed by atoms with Gasteiger partial charge in [-0.3, -0.25) is 4.99 Å². The van der Waals surface area contributed by atoms with Crippen molar-refractivity contribution in [1.82, 2.24) is 20.2 Å². The standard InChI is InChI=1S/C22H33N5O.HI/c1-4-23-21(25-16-22(2)13-9-8-12-19(22)28)27(3)15-20-24-14-18(26-20)17-10-6-5-7-11-17;/h5-7,10-11,14,19,28H,4,8-9,12-13,15-16H2,1-3H3,(H,23,25)(H,24,26);1H. The molecule has 0 bridgehead atoms. The van der Waals surface area contributed by atoms with E-state index in [0.717, 1.165) is 48.8 Å². The van der Waals surface area contributed by atoms with Crippen LogP contribution in [0, 0.1) is 5.41 Å². The summed E-state index contributed by atoms with van der Waals surface area (Å²) < 4.78 is 0. The smallest absolute Gasteiger partial charge is 0.194 e. The Hall–Kier alpha value is -1.61. The van der Waals surface area contributed by atoms with Gasteiger partial charge in [0.15, 0.2) is 5.96 Å². The van der Waals surface area contributed by atoms with Gasteiger partial charge in [-0.2, -0.15) is 0 Å². The van der Waals surface area contributed by atoms with Gasteiger partial charge in [0, 0.05) is 19.0 Å². The van der Waals surface area contributed by atoms with Gasteiger partial charge in [0.25, 0.3) is 0 Å². The molecule has 0 aliphatic heterocycles. The molecule has 0 amide bonds. The summed E-state index contributed by atoms with van der Waals surface area (Å²) >= 11 is 0. The molecule has 6 nitrogen and oxygen atoms in total. The summed E-state index contributed by atoms with van der Waals surface area (Å²) in [6, 6.07) is 10.2. The van der Waals surface area contributed by atoms with Crippen molar-refractivity contribution in [2.45, 2.75) is 52.2 Å². The summed E-state index contributed by atoms with van der Waals surface area (Å²) in [5, 5.41) is 13.8. The molecule has 0 radical (unpaired) electrons. The number of nitrogens with zero attached hydrogens (tertiary/aromatic N) is 3. The summed E-state index contributed by atoms with van der Waals surface area (Å²) in [6.07, 6.45) is 5.80. The number of aromatic nitrogens is 2. The second-order valence-electron chi connectivity index (χ2n) is 8.05. The molecular formula is C22H34IN5O. The number of H-pyrrole nitrogens is 1. The molecule has 0 saturated heterocycles. The van der Waals surface area contributed by atoms with Crippen molar-refractivity contribution in [3.8, 4) is 11.3 Å². The predicted molar refractivity (Wildman–Crippen MR) is 129 cm³/mol. The Morgan fingerprint density at radius 1 is 1.34 bits per heavy atom. The second-order valence-corrected chi connectivity index (χ2v) is 8.05. The number of imidazole rings is 1. The van der Waals surface area contributed by atoms with Gasteiger partial charge in [-0.1, -0.05) is 50.1 Å². The molecule has 0 spiro atoms. The molecule has 1 fully saturated rings. The van der Waals surface area contributed by atoms with Crippen LogP contribution in [0.2, 0.25) is 0 Å². The fourth-order valence-corrected chi connectivity index (χ4v) is 3.80. The molecular weight excluding hydrogens is 477 g/mol. The van der Waals surface area contributed by atoms with E-state index in [-0.39, 0.29) is 35.5 Å². The maximum absolute atomic E-state index is 10.4. The highest BCUT2D eigenvalue weighted by Crippen LogP contribution is 2.36. The SMILES string of the molecule is CCNC(=NCC1(C)CCCCC1O)N(C)Cc1ncc(-c2ccccc2)[nH]1.I. The van der Waals surface area contributed by atoms with Crippen molar-refractivity contribution >= 4 is 29.9 Å². The van der Waals surface area contributed by atoms with Crippen molar-refractivity contribution < 1.29 is 5.11 Å². The van der Waals surface area contributed by atoms with Gasteiger partial charge in [-0.25, -0.2) is 4.98 Å². The van der Waals surface area contributed by atoms with Crippen LogP contribution in [0.15, 0.2) is 41.5 Å². The molecule has 2 aromatic rings. The molecule has 1 aliphatic carbocycles. The summed E-state index contributed by atoms with van der Waals surface area (Å²) in [7, 11) is 2.02. The molecule has 29 heavy (non-hydrogen) atoms. The number of guanidine groups is 1. The Kier molecular flexibility index (Phi) is 8.95. The Morgan fingerprint density at radius 2 is 2.10 bits per heavy atom. The number of aliphatic hydroxyl groups excluding tert-OH is 1. The highest BCUT2D eigenvalue weighted by Gasteiger charge is 2.35. The van der Waals surface area contributed by atoms with Gasteiger partial charge in [0.05, 0.1) is 31.1 Å². The van der Waals surface area contributed by atoms with Gasteiger partial charge < -0.3 is 20.3 Å². The van der Waals surface area contributed by atoms with Crippen molar-refractivity contribution in [1.29, 1.82) is 0 Å². The summed E-state index contributed by atoms with van der Waals surface area (Å²) in [5.41, 5.74) is 2.01. The molecule has 1 aromatic carbocycles. The number of aliphatic hydroxyl groups is 1. The van der Waals surface area contributed by atoms with Crippen LogP contribution in [-0.4, -0.2) is 52.2 Å². The van der Waals surface area contributed by atoms with Crippen LogP contribution in [0.1, 0.15) is 45.4 Å². The number of halogens is 1. The fourth-order valence-electron chi connectivity index (χ4n) is 3.80. The first kappa shape index (κ1) is 23.7. The van der Waals surface area contributed by atoms with Gasteiger partial charge in [0.1, 0.15) is 5.82 Å². The van der Waals surface area contributed by atoms with E-state index in [4.69, 9.17) is 4.99 Å². The highest BCUT2D eigenvalue weighted by molar-refractivity contribution is 14.0. The lowest BCUT2D eigenvalue weighted by molar-refractivity contribution is 0.00705. The van der Waals surface area contributed by atoms with Crippen molar-refractivity contribution in [2.24, 2.45) is 10.4 Å². The highest BCUT2D eigenvalue weighted by atomic mass is 127. The van der Waals surface area contributed by atoms with Crippen LogP contribution >= 0.6 is 24.0 Å². The Balaban J connectivity index is 0.00000300. The lowest BCUT2D eigenvalue weighted by Gasteiger charge is -2.37. The first-order valence-corrected chi connectivity index (χ1v) is 10.3. The molecule has 160 valence electrons. The van der Waals surface area contributed by atoms with E-state index in [0.29, 0.717) is 13.1 Å². The maximum atomic E-state index is 10.4. The van der Waals surface area contributed by atoms with E-state index >= 15 is 0 Å². The maximum Gasteiger partial charge on any atom is 0.194 e. The monoisotopic (exact) mass is 511 g/mol. The van der Waals surface area contributed by atoms with Crippen LogP contribution in [0.5, 0.6) is 0 Å². The fraction of sp³-hybridized carbons (Fsp3) is 0.545. The van der Waals surface area contributed by atoms with Crippen LogP contribution in [0.4, 0.5) is 0 Å². The zero-order chi connectivity index (χ0) is 20.0. The minimum atomic E-state index is -0.267. The lowest BCUT2D eigenvalue weighted by atomic mass is 9.73. The molecule has 1 aliphatic rings. The second kappa shape index (κ2) is 11.0. The number of aliphatic imine (C=N–C) groups is 1. The average Bonchev–Trinajstić information content (AvgIpc) is 3.17. The van der Waals surface area contributed by atoms with Crippen LogP contribution in [0.25, 0.3) is 11.3 Å². The number of hydrogen-bond donors (Lipinski definition) is 3. The average molecular weight is 511 g/mol. The summed E-state index contributed by atoms with van der Waals surface area (Å²) in [5.74, 6) is 1.75.